The Balaban J connectivity index is 1.39. The molecule has 5 nitrogen and oxygen atoms in total. The molecule has 0 N–H and O–H groups in total. The van der Waals surface area contributed by atoms with Crippen LogP contribution in [0.25, 0.3) is 10.1 Å². The Labute approximate surface area is 158 Å². The molecule has 0 amide bonds. The number of hydrogen-bond donors (Lipinski definition) is 0. The zero-order valence-electron chi connectivity index (χ0n) is 15.3. The third kappa shape index (κ3) is 3.39. The molecular formula is C20H24N4OS. The largest absolute Gasteiger partial charge is 0.491 e. The number of nitrogens with zero attached hydrogens (tertiary/aromatic N) is 4. The van der Waals surface area contributed by atoms with Gasteiger partial charge in [-0.1, -0.05) is 18.2 Å². The summed E-state index contributed by atoms with van der Waals surface area (Å²) >= 11 is 1.85. The maximum Gasteiger partial charge on any atom is 0.179 e. The Kier molecular flexibility index (Phi) is 5.04. The Bertz CT molecular complexity index is 881. The van der Waals surface area contributed by atoms with Crippen LogP contribution in [0.4, 0.5) is 5.82 Å². The lowest BCUT2D eigenvalue weighted by Crippen LogP contribution is -2.52. The molecule has 0 spiro atoms. The second-order valence-corrected chi connectivity index (χ2v) is 7.68. The molecular weight excluding hydrogens is 344 g/mol. The van der Waals surface area contributed by atoms with Gasteiger partial charge in [-0.3, -0.25) is 4.90 Å². The summed E-state index contributed by atoms with van der Waals surface area (Å²) in [6, 6.07) is 9.09. The van der Waals surface area contributed by atoms with Gasteiger partial charge in [-0.15, -0.1) is 11.3 Å². The first-order valence-electron chi connectivity index (χ1n) is 9.04. The van der Waals surface area contributed by atoms with Gasteiger partial charge < -0.3 is 9.64 Å². The van der Waals surface area contributed by atoms with E-state index in [0.29, 0.717) is 6.04 Å². The molecule has 3 heterocycles. The second-order valence-electron chi connectivity index (χ2n) is 6.76. The minimum Gasteiger partial charge on any atom is -0.491 e. The van der Waals surface area contributed by atoms with Gasteiger partial charge in [0.15, 0.2) is 11.6 Å². The van der Waals surface area contributed by atoms with Crippen LogP contribution in [0.3, 0.4) is 0 Å². The molecule has 6 heteroatoms. The summed E-state index contributed by atoms with van der Waals surface area (Å²) in [5.41, 5.74) is 1.47. The van der Waals surface area contributed by atoms with E-state index in [2.05, 4.69) is 56.3 Å². The van der Waals surface area contributed by atoms with Gasteiger partial charge in [0.2, 0.25) is 0 Å². The maximum absolute atomic E-state index is 5.43. The molecule has 0 aliphatic carbocycles. The highest BCUT2D eigenvalue weighted by atomic mass is 32.1. The average molecular weight is 369 g/mol. The van der Waals surface area contributed by atoms with E-state index < -0.39 is 0 Å². The van der Waals surface area contributed by atoms with Gasteiger partial charge in [0.05, 0.1) is 13.3 Å². The topological polar surface area (TPSA) is 41.5 Å². The summed E-state index contributed by atoms with van der Waals surface area (Å²) < 4.78 is 6.82. The number of benzene rings is 1. The normalized spacial score (nSPS) is 18.4. The smallest absolute Gasteiger partial charge is 0.179 e. The van der Waals surface area contributed by atoms with Gasteiger partial charge in [-0.05, 0) is 35.7 Å². The van der Waals surface area contributed by atoms with Crippen molar-refractivity contribution in [1.82, 2.24) is 14.9 Å². The zero-order valence-corrected chi connectivity index (χ0v) is 16.1. The molecule has 1 aliphatic rings. The molecule has 2 aromatic heterocycles. The lowest BCUT2D eigenvalue weighted by Gasteiger charge is -2.40. The van der Waals surface area contributed by atoms with Crippen LogP contribution in [0.15, 0.2) is 42.2 Å². The number of aromatic nitrogens is 2. The van der Waals surface area contributed by atoms with Crippen LogP contribution in [0.5, 0.6) is 5.75 Å². The Hall–Kier alpha value is -2.18. The van der Waals surface area contributed by atoms with Gasteiger partial charge in [0, 0.05) is 36.9 Å². The van der Waals surface area contributed by atoms with Crippen molar-refractivity contribution in [3.8, 4) is 5.75 Å². The molecule has 0 bridgehead atoms. The third-order valence-corrected chi connectivity index (χ3v) is 6.13. The Morgan fingerprint density at radius 3 is 3.00 bits per heavy atom. The lowest BCUT2D eigenvalue weighted by molar-refractivity contribution is 0.230. The number of ether oxygens (including phenoxy) is 1. The predicted octanol–water partition coefficient (Wildman–Crippen LogP) is 3.45. The zero-order chi connectivity index (χ0) is 17.9. The average Bonchev–Trinajstić information content (AvgIpc) is 3.10. The molecule has 26 heavy (non-hydrogen) atoms. The van der Waals surface area contributed by atoms with E-state index in [9.17, 15) is 0 Å². The van der Waals surface area contributed by atoms with E-state index in [1.54, 1.807) is 19.6 Å². The summed E-state index contributed by atoms with van der Waals surface area (Å²) in [6.45, 7) is 6.39. The number of rotatable bonds is 5. The van der Waals surface area contributed by atoms with Crippen LogP contribution >= 0.6 is 11.3 Å². The van der Waals surface area contributed by atoms with Crippen molar-refractivity contribution >= 4 is 27.2 Å². The summed E-state index contributed by atoms with van der Waals surface area (Å²) in [6.07, 6.45) is 4.44. The molecule has 3 aromatic rings. The highest BCUT2D eigenvalue weighted by Gasteiger charge is 2.26. The van der Waals surface area contributed by atoms with Gasteiger partial charge >= 0.3 is 0 Å². The molecule has 1 fully saturated rings. The second kappa shape index (κ2) is 7.60. The Morgan fingerprint density at radius 2 is 2.15 bits per heavy atom. The lowest BCUT2D eigenvalue weighted by atomic mass is 10.1. The first-order valence-corrected chi connectivity index (χ1v) is 9.92. The van der Waals surface area contributed by atoms with Crippen molar-refractivity contribution in [3.63, 3.8) is 0 Å². The first kappa shape index (κ1) is 17.2. The molecule has 1 saturated heterocycles. The van der Waals surface area contributed by atoms with E-state index in [1.807, 2.05) is 11.3 Å². The number of hydrogen-bond acceptors (Lipinski definition) is 6. The van der Waals surface area contributed by atoms with Crippen LogP contribution in [-0.4, -0.2) is 54.2 Å². The van der Waals surface area contributed by atoms with Crippen molar-refractivity contribution in [2.75, 3.05) is 38.2 Å². The van der Waals surface area contributed by atoms with E-state index in [1.165, 1.54) is 15.6 Å². The Morgan fingerprint density at radius 1 is 1.27 bits per heavy atom. The minimum absolute atomic E-state index is 0.395. The van der Waals surface area contributed by atoms with E-state index in [0.717, 1.165) is 44.2 Å². The molecule has 136 valence electrons. The van der Waals surface area contributed by atoms with Crippen molar-refractivity contribution in [1.29, 1.82) is 0 Å². The van der Waals surface area contributed by atoms with Gasteiger partial charge in [-0.25, -0.2) is 9.97 Å². The van der Waals surface area contributed by atoms with Crippen LogP contribution in [0.1, 0.15) is 12.5 Å². The quantitative estimate of drug-likeness (QED) is 0.690. The number of fused-ring (bicyclic) bond motifs is 1. The summed E-state index contributed by atoms with van der Waals surface area (Å²) in [5.74, 6) is 1.65. The molecule has 1 atom stereocenters. The van der Waals surface area contributed by atoms with Crippen molar-refractivity contribution < 1.29 is 4.74 Å². The van der Waals surface area contributed by atoms with Crippen molar-refractivity contribution in [2.24, 2.45) is 0 Å². The highest BCUT2D eigenvalue weighted by Crippen LogP contribution is 2.28. The summed E-state index contributed by atoms with van der Waals surface area (Å²) in [5, 5.41) is 3.73. The van der Waals surface area contributed by atoms with Crippen LogP contribution in [-0.2, 0) is 6.42 Å². The molecule has 1 unspecified atom stereocenters. The predicted molar refractivity (Wildman–Crippen MR) is 107 cm³/mol. The molecule has 0 radical (unpaired) electrons. The first-order chi connectivity index (χ1) is 12.8. The number of thiophene rings is 1. The fourth-order valence-corrected chi connectivity index (χ4v) is 4.72. The fourth-order valence-electron chi connectivity index (χ4n) is 3.73. The summed E-state index contributed by atoms with van der Waals surface area (Å²) in [4.78, 5) is 13.4. The maximum atomic E-state index is 5.43. The SMILES string of the molecule is COc1cncnc1N1CCN(CCc2csc3ccccc23)CC1C. The van der Waals surface area contributed by atoms with Gasteiger partial charge in [0.25, 0.3) is 0 Å². The van der Waals surface area contributed by atoms with Crippen LogP contribution in [0.2, 0.25) is 0 Å². The number of anilines is 1. The van der Waals surface area contributed by atoms with E-state index in [-0.39, 0.29) is 0 Å². The van der Waals surface area contributed by atoms with Gasteiger partial charge in [-0.2, -0.15) is 0 Å². The minimum atomic E-state index is 0.395. The standard InChI is InChI=1S/C20H24N4OS/c1-15-12-23(8-7-16-13-26-19-6-4-3-5-17(16)19)9-10-24(15)20-18(25-2)11-21-14-22-20/h3-6,11,13-15H,7-10,12H2,1-2H3. The van der Waals surface area contributed by atoms with Crippen LogP contribution in [0, 0.1) is 0 Å². The monoisotopic (exact) mass is 368 g/mol. The van der Waals surface area contributed by atoms with Gasteiger partial charge in [0.1, 0.15) is 6.33 Å². The van der Waals surface area contributed by atoms with Crippen molar-refractivity contribution in [3.05, 3.63) is 47.7 Å². The third-order valence-electron chi connectivity index (χ3n) is 5.12. The number of piperazine rings is 1. The van der Waals surface area contributed by atoms with Crippen LogP contribution < -0.4 is 9.64 Å². The summed E-state index contributed by atoms with van der Waals surface area (Å²) in [7, 11) is 1.67. The van der Waals surface area contributed by atoms with Crippen molar-refractivity contribution in [2.45, 2.75) is 19.4 Å². The van der Waals surface area contributed by atoms with E-state index >= 15 is 0 Å². The van der Waals surface area contributed by atoms with E-state index in [4.69, 9.17) is 4.74 Å². The molecule has 1 aromatic carbocycles. The molecule has 0 saturated carbocycles. The molecule has 4 rings (SSSR count). The number of methoxy groups -OCH3 is 1. The highest BCUT2D eigenvalue weighted by molar-refractivity contribution is 7.17. The fraction of sp³-hybridized carbons (Fsp3) is 0.400. The molecule has 1 aliphatic heterocycles.